The molecular weight excluding hydrogens is 376 g/mol. The van der Waals surface area contributed by atoms with E-state index in [1.807, 2.05) is 31.2 Å². The van der Waals surface area contributed by atoms with E-state index < -0.39 is 0 Å². The smallest absolute Gasteiger partial charge is 0.216 e. The fourth-order valence-electron chi connectivity index (χ4n) is 2.41. The van der Waals surface area contributed by atoms with Crippen LogP contribution in [-0.2, 0) is 0 Å². The Bertz CT molecular complexity index is 998. The van der Waals surface area contributed by atoms with Crippen LogP contribution in [0, 0.1) is 11.7 Å². The van der Waals surface area contributed by atoms with E-state index in [0.29, 0.717) is 15.8 Å². The van der Waals surface area contributed by atoms with Crippen LogP contribution in [0.5, 0.6) is 0 Å². The number of thiazole rings is 1. The molecule has 3 aromatic rings. The van der Waals surface area contributed by atoms with E-state index in [4.69, 9.17) is 23.8 Å². The molecule has 128 valence electrons. The SMILES string of the molecule is Cc1ccccc1Nc1nc(Cl)c(/C=N/n2c(C3CC3)n[nH]c2=S)s1. The van der Waals surface area contributed by atoms with Gasteiger partial charge in [0.15, 0.2) is 16.1 Å². The maximum absolute atomic E-state index is 6.25. The highest BCUT2D eigenvalue weighted by molar-refractivity contribution is 7.71. The Morgan fingerprint density at radius 3 is 3.00 bits per heavy atom. The van der Waals surface area contributed by atoms with Gasteiger partial charge in [-0.15, -0.1) is 0 Å². The van der Waals surface area contributed by atoms with Gasteiger partial charge in [0.05, 0.1) is 11.1 Å². The average molecular weight is 391 g/mol. The molecule has 1 aromatic carbocycles. The van der Waals surface area contributed by atoms with E-state index in [1.54, 1.807) is 10.9 Å². The number of nitrogens with zero attached hydrogens (tertiary/aromatic N) is 4. The molecule has 0 spiro atoms. The number of benzene rings is 1. The standard InChI is InChI=1S/C16H15ClN6S2/c1-9-4-2-3-5-11(9)19-15-20-13(17)12(25-15)8-18-23-14(10-6-7-10)21-22-16(23)24/h2-5,8,10H,6-7H2,1H3,(H,19,20)(H,22,24)/b18-8+. The van der Waals surface area contributed by atoms with Crippen molar-refractivity contribution in [3.8, 4) is 0 Å². The highest BCUT2D eigenvalue weighted by atomic mass is 35.5. The predicted molar refractivity (Wildman–Crippen MR) is 104 cm³/mol. The Morgan fingerprint density at radius 2 is 2.24 bits per heavy atom. The lowest BCUT2D eigenvalue weighted by atomic mass is 10.2. The molecule has 0 bridgehead atoms. The van der Waals surface area contributed by atoms with Gasteiger partial charge in [-0.05, 0) is 43.6 Å². The topological polar surface area (TPSA) is 70.9 Å². The number of hydrogen-bond donors (Lipinski definition) is 2. The zero-order valence-electron chi connectivity index (χ0n) is 13.4. The molecule has 0 radical (unpaired) electrons. The minimum absolute atomic E-state index is 0.410. The number of para-hydroxylation sites is 1. The van der Waals surface area contributed by atoms with Crippen LogP contribution in [-0.4, -0.2) is 26.1 Å². The number of nitrogens with one attached hydrogen (secondary N) is 2. The Kier molecular flexibility index (Phi) is 4.41. The highest BCUT2D eigenvalue weighted by Crippen LogP contribution is 2.38. The van der Waals surface area contributed by atoms with Crippen molar-refractivity contribution in [2.75, 3.05) is 5.32 Å². The van der Waals surface area contributed by atoms with Gasteiger partial charge in [0.25, 0.3) is 0 Å². The first-order valence-electron chi connectivity index (χ1n) is 7.82. The van der Waals surface area contributed by atoms with Crippen molar-refractivity contribution in [2.45, 2.75) is 25.7 Å². The first-order chi connectivity index (χ1) is 12.1. The number of halogens is 1. The number of anilines is 2. The van der Waals surface area contributed by atoms with Gasteiger partial charge in [-0.2, -0.15) is 14.9 Å². The van der Waals surface area contributed by atoms with Gasteiger partial charge in [0.2, 0.25) is 4.77 Å². The van der Waals surface area contributed by atoms with Gasteiger partial charge in [-0.25, -0.2) is 4.98 Å². The molecule has 2 N–H and O–H groups in total. The molecule has 1 saturated carbocycles. The second kappa shape index (κ2) is 6.70. The number of aromatic amines is 1. The molecule has 9 heteroatoms. The van der Waals surface area contributed by atoms with E-state index in [-0.39, 0.29) is 0 Å². The second-order valence-electron chi connectivity index (χ2n) is 5.83. The highest BCUT2D eigenvalue weighted by Gasteiger charge is 2.29. The monoisotopic (exact) mass is 390 g/mol. The van der Waals surface area contributed by atoms with E-state index in [9.17, 15) is 0 Å². The second-order valence-corrected chi connectivity index (χ2v) is 7.61. The molecule has 2 heterocycles. The van der Waals surface area contributed by atoms with Crippen LogP contribution < -0.4 is 5.32 Å². The van der Waals surface area contributed by atoms with Gasteiger partial charge in [0, 0.05) is 11.6 Å². The van der Waals surface area contributed by atoms with Crippen molar-refractivity contribution in [2.24, 2.45) is 5.10 Å². The lowest BCUT2D eigenvalue weighted by Gasteiger charge is -2.05. The molecule has 0 unspecified atom stereocenters. The van der Waals surface area contributed by atoms with Crippen LogP contribution in [0.4, 0.5) is 10.8 Å². The zero-order valence-corrected chi connectivity index (χ0v) is 15.8. The molecule has 0 aliphatic heterocycles. The lowest BCUT2D eigenvalue weighted by Crippen LogP contribution is -1.96. The van der Waals surface area contributed by atoms with Gasteiger partial charge in [-0.1, -0.05) is 41.1 Å². The van der Waals surface area contributed by atoms with Crippen molar-refractivity contribution in [1.29, 1.82) is 0 Å². The van der Waals surface area contributed by atoms with Crippen LogP contribution in [0.15, 0.2) is 29.4 Å². The van der Waals surface area contributed by atoms with Crippen molar-refractivity contribution in [3.05, 3.63) is 50.5 Å². The molecule has 6 nitrogen and oxygen atoms in total. The van der Waals surface area contributed by atoms with Crippen LogP contribution in [0.2, 0.25) is 5.15 Å². The van der Waals surface area contributed by atoms with E-state index in [0.717, 1.165) is 39.9 Å². The Balaban J connectivity index is 1.58. The van der Waals surface area contributed by atoms with Gasteiger partial charge in [-0.3, -0.25) is 5.10 Å². The normalized spacial score (nSPS) is 14.3. The predicted octanol–water partition coefficient (Wildman–Crippen LogP) is 4.86. The molecule has 1 aliphatic rings. The molecule has 0 saturated heterocycles. The number of H-pyrrole nitrogens is 1. The quantitative estimate of drug-likeness (QED) is 0.482. The largest absolute Gasteiger partial charge is 0.331 e. The Hall–Kier alpha value is -2.03. The molecule has 25 heavy (non-hydrogen) atoms. The summed E-state index contributed by atoms with van der Waals surface area (Å²) in [4.78, 5) is 5.13. The van der Waals surface area contributed by atoms with Crippen LogP contribution in [0.25, 0.3) is 0 Å². The zero-order chi connectivity index (χ0) is 17.4. The summed E-state index contributed by atoms with van der Waals surface area (Å²) in [6, 6.07) is 8.03. The van der Waals surface area contributed by atoms with Crippen molar-refractivity contribution in [3.63, 3.8) is 0 Å². The molecular formula is C16H15ClN6S2. The molecule has 1 aliphatic carbocycles. The number of hydrogen-bond acceptors (Lipinski definition) is 6. The van der Waals surface area contributed by atoms with Gasteiger partial charge < -0.3 is 5.32 Å². The minimum Gasteiger partial charge on any atom is -0.331 e. The van der Waals surface area contributed by atoms with Gasteiger partial charge in [0.1, 0.15) is 0 Å². The Morgan fingerprint density at radius 1 is 1.44 bits per heavy atom. The lowest BCUT2D eigenvalue weighted by molar-refractivity contribution is 0.773. The maximum atomic E-state index is 6.25. The Labute approximate surface area is 158 Å². The maximum Gasteiger partial charge on any atom is 0.216 e. The van der Waals surface area contributed by atoms with Crippen LogP contribution in [0.3, 0.4) is 0 Å². The van der Waals surface area contributed by atoms with E-state index in [2.05, 4.69) is 25.6 Å². The van der Waals surface area contributed by atoms with E-state index >= 15 is 0 Å². The summed E-state index contributed by atoms with van der Waals surface area (Å²) >= 11 is 12.9. The van der Waals surface area contributed by atoms with Crippen molar-refractivity contribution in [1.82, 2.24) is 19.9 Å². The molecule has 1 fully saturated rings. The first-order valence-corrected chi connectivity index (χ1v) is 9.43. The molecule has 2 aromatic heterocycles. The summed E-state index contributed by atoms with van der Waals surface area (Å²) in [6.07, 6.45) is 3.93. The summed E-state index contributed by atoms with van der Waals surface area (Å²) in [5.41, 5.74) is 2.15. The third-order valence-corrected chi connectivity index (χ3v) is 5.47. The number of aromatic nitrogens is 4. The third kappa shape index (κ3) is 3.51. The summed E-state index contributed by atoms with van der Waals surface area (Å²) in [5.74, 6) is 1.32. The molecule has 0 amide bonds. The summed E-state index contributed by atoms with van der Waals surface area (Å²) in [7, 11) is 0. The summed E-state index contributed by atoms with van der Waals surface area (Å²) in [6.45, 7) is 2.04. The molecule has 0 atom stereocenters. The first kappa shape index (κ1) is 16.4. The van der Waals surface area contributed by atoms with Gasteiger partial charge >= 0.3 is 0 Å². The number of aryl methyl sites for hydroxylation is 1. The minimum atomic E-state index is 0.410. The fourth-order valence-corrected chi connectivity index (χ4v) is 3.63. The van der Waals surface area contributed by atoms with Crippen LogP contribution in [0.1, 0.15) is 35.0 Å². The summed E-state index contributed by atoms with van der Waals surface area (Å²) in [5, 5.41) is 15.9. The molecule has 4 rings (SSSR count). The summed E-state index contributed by atoms with van der Waals surface area (Å²) < 4.78 is 2.15. The van der Waals surface area contributed by atoms with Crippen LogP contribution >= 0.6 is 35.2 Å². The third-order valence-electron chi connectivity index (χ3n) is 3.90. The van der Waals surface area contributed by atoms with Crippen molar-refractivity contribution >= 4 is 52.2 Å². The van der Waals surface area contributed by atoms with Crippen molar-refractivity contribution < 1.29 is 0 Å². The fraction of sp³-hybridized carbons (Fsp3) is 0.250. The number of rotatable bonds is 5. The van der Waals surface area contributed by atoms with E-state index in [1.165, 1.54) is 11.3 Å². The average Bonchev–Trinajstić information content (AvgIpc) is 3.28.